The van der Waals surface area contributed by atoms with Gasteiger partial charge in [0.15, 0.2) is 0 Å². The summed E-state index contributed by atoms with van der Waals surface area (Å²) < 4.78 is 16.1. The highest BCUT2D eigenvalue weighted by Gasteiger charge is 2.18. The fourth-order valence-corrected chi connectivity index (χ4v) is 3.14. The van der Waals surface area contributed by atoms with Crippen LogP contribution < -0.4 is 10.6 Å². The van der Waals surface area contributed by atoms with Crippen LogP contribution in [0.25, 0.3) is 17.0 Å². The normalized spacial score (nSPS) is 11.7. The highest BCUT2D eigenvalue weighted by Crippen LogP contribution is 2.23. The van der Waals surface area contributed by atoms with Crippen LogP contribution in [0.2, 0.25) is 0 Å². The summed E-state index contributed by atoms with van der Waals surface area (Å²) in [5.74, 6) is -1.75. The van der Waals surface area contributed by atoms with Gasteiger partial charge in [0, 0.05) is 35.2 Å². The van der Waals surface area contributed by atoms with Crippen LogP contribution in [0.1, 0.15) is 36.7 Å². The first-order valence-corrected chi connectivity index (χ1v) is 9.57. The van der Waals surface area contributed by atoms with E-state index >= 15 is 0 Å². The number of hydrogen-bond acceptors (Lipinski definition) is 2. The Morgan fingerprint density at radius 3 is 2.48 bits per heavy atom. The van der Waals surface area contributed by atoms with Crippen LogP contribution in [0, 0.1) is 5.82 Å². The number of fused-ring (bicyclic) bond motifs is 1. The zero-order valence-electron chi connectivity index (χ0n) is 16.7. The van der Waals surface area contributed by atoms with Crippen LogP contribution in [0.15, 0.2) is 60.4 Å². The lowest BCUT2D eigenvalue weighted by Gasteiger charge is -2.13. The molecule has 29 heavy (non-hydrogen) atoms. The first kappa shape index (κ1) is 20.3. The molecule has 2 aromatic carbocycles. The third-order valence-electron chi connectivity index (χ3n) is 4.49. The summed E-state index contributed by atoms with van der Waals surface area (Å²) in [6, 6.07) is 13.4. The van der Waals surface area contributed by atoms with Gasteiger partial charge in [-0.2, -0.15) is 0 Å². The first-order chi connectivity index (χ1) is 13.9. The van der Waals surface area contributed by atoms with Gasteiger partial charge in [-0.3, -0.25) is 9.59 Å². The summed E-state index contributed by atoms with van der Waals surface area (Å²) in [5.41, 5.74) is 1.77. The van der Waals surface area contributed by atoms with Crippen molar-refractivity contribution in [2.45, 2.75) is 33.4 Å². The number of para-hydroxylation sites is 1. The molecule has 0 fully saturated rings. The van der Waals surface area contributed by atoms with Crippen LogP contribution >= 0.6 is 0 Å². The lowest BCUT2D eigenvalue weighted by Crippen LogP contribution is -2.38. The maximum atomic E-state index is 14.0. The number of hydrogen-bond donors (Lipinski definition) is 2. The molecular formula is C23H24FN3O2. The Morgan fingerprint density at radius 1 is 1.10 bits per heavy atom. The molecule has 0 unspecified atom stereocenters. The van der Waals surface area contributed by atoms with Crippen molar-refractivity contribution in [3.63, 3.8) is 0 Å². The van der Waals surface area contributed by atoms with Crippen LogP contribution in [0.5, 0.6) is 0 Å². The Morgan fingerprint density at radius 2 is 1.79 bits per heavy atom. The second-order valence-electron chi connectivity index (χ2n) is 7.01. The summed E-state index contributed by atoms with van der Waals surface area (Å²) in [6.45, 7) is 6.46. The minimum absolute atomic E-state index is 0.0611. The van der Waals surface area contributed by atoms with Crippen molar-refractivity contribution in [2.24, 2.45) is 0 Å². The first-order valence-electron chi connectivity index (χ1n) is 9.57. The molecule has 2 N–H and O–H groups in total. The minimum atomic E-state index is -0.674. The fraction of sp³-hybridized carbons (Fsp3) is 0.217. The van der Waals surface area contributed by atoms with E-state index in [0.29, 0.717) is 0 Å². The van der Waals surface area contributed by atoms with Crippen LogP contribution in [0.3, 0.4) is 0 Å². The van der Waals surface area contributed by atoms with Gasteiger partial charge in [0.1, 0.15) is 11.5 Å². The van der Waals surface area contributed by atoms with Gasteiger partial charge in [0.05, 0.1) is 5.56 Å². The topological polar surface area (TPSA) is 63.1 Å². The van der Waals surface area contributed by atoms with Crippen molar-refractivity contribution in [1.82, 2.24) is 15.2 Å². The van der Waals surface area contributed by atoms with E-state index in [-0.39, 0.29) is 17.3 Å². The Labute approximate surface area is 169 Å². The molecular weight excluding hydrogens is 369 g/mol. The van der Waals surface area contributed by atoms with E-state index in [1.54, 1.807) is 12.1 Å². The summed E-state index contributed by atoms with van der Waals surface area (Å²) in [5, 5.41) is 6.32. The Kier molecular flexibility index (Phi) is 6.12. The molecule has 0 radical (unpaired) electrons. The number of nitrogens with zero attached hydrogens (tertiary/aromatic N) is 1. The molecule has 0 atom stereocenters. The van der Waals surface area contributed by atoms with E-state index in [9.17, 15) is 14.0 Å². The zero-order chi connectivity index (χ0) is 21.0. The maximum Gasteiger partial charge on any atom is 0.268 e. The standard InChI is InChI=1S/C23H24FN3O2/c1-4-27-14-16(17-9-6-8-12-21(17)27)13-20(23(29)25-15(2)3)26-22(28)18-10-5-7-11-19(18)24/h5-15H,4H2,1-3H3,(H,25,29)(H,26,28). The van der Waals surface area contributed by atoms with Crippen LogP contribution in [-0.4, -0.2) is 22.4 Å². The molecule has 150 valence electrons. The van der Waals surface area contributed by atoms with Gasteiger partial charge in [0.25, 0.3) is 11.8 Å². The van der Waals surface area contributed by atoms with Crippen LogP contribution in [0.4, 0.5) is 4.39 Å². The van der Waals surface area contributed by atoms with E-state index in [1.807, 2.05) is 51.2 Å². The van der Waals surface area contributed by atoms with E-state index in [1.165, 1.54) is 18.2 Å². The fourth-order valence-electron chi connectivity index (χ4n) is 3.14. The Hall–Kier alpha value is -3.41. The number of amides is 2. The third kappa shape index (κ3) is 4.54. The predicted octanol–water partition coefficient (Wildman–Crippen LogP) is 4.10. The average Bonchev–Trinajstić information content (AvgIpc) is 3.05. The molecule has 2 amide bonds. The molecule has 0 saturated heterocycles. The van der Waals surface area contributed by atoms with Crippen molar-refractivity contribution in [1.29, 1.82) is 0 Å². The van der Waals surface area contributed by atoms with E-state index in [4.69, 9.17) is 0 Å². The lowest BCUT2D eigenvalue weighted by molar-refractivity contribution is -0.118. The van der Waals surface area contributed by atoms with E-state index < -0.39 is 17.6 Å². The number of aryl methyl sites for hydroxylation is 1. The van der Waals surface area contributed by atoms with Crippen LogP contribution in [-0.2, 0) is 11.3 Å². The molecule has 5 nitrogen and oxygen atoms in total. The van der Waals surface area contributed by atoms with Gasteiger partial charge in [-0.05, 0) is 45.0 Å². The Balaban J connectivity index is 2.03. The molecule has 3 aromatic rings. The SMILES string of the molecule is CCn1cc(C=C(NC(=O)c2ccccc2F)C(=O)NC(C)C)c2ccccc21. The molecule has 0 aliphatic rings. The van der Waals surface area contributed by atoms with Gasteiger partial charge >= 0.3 is 0 Å². The number of rotatable bonds is 6. The highest BCUT2D eigenvalue weighted by molar-refractivity contribution is 6.06. The van der Waals surface area contributed by atoms with Crippen molar-refractivity contribution >= 4 is 28.8 Å². The smallest absolute Gasteiger partial charge is 0.268 e. The van der Waals surface area contributed by atoms with Crippen molar-refractivity contribution in [3.8, 4) is 0 Å². The van der Waals surface area contributed by atoms with E-state index in [2.05, 4.69) is 15.2 Å². The summed E-state index contributed by atoms with van der Waals surface area (Å²) in [4.78, 5) is 25.3. The number of carbonyl (C=O) groups is 2. The largest absolute Gasteiger partial charge is 0.349 e. The van der Waals surface area contributed by atoms with Crippen molar-refractivity contribution in [2.75, 3.05) is 0 Å². The third-order valence-corrected chi connectivity index (χ3v) is 4.49. The second kappa shape index (κ2) is 8.73. The lowest BCUT2D eigenvalue weighted by atomic mass is 10.1. The summed E-state index contributed by atoms with van der Waals surface area (Å²) >= 11 is 0. The molecule has 6 heteroatoms. The number of halogens is 1. The molecule has 1 aromatic heterocycles. The average molecular weight is 393 g/mol. The number of carbonyl (C=O) groups excluding carboxylic acids is 2. The molecule has 3 rings (SSSR count). The molecule has 0 aliphatic heterocycles. The van der Waals surface area contributed by atoms with Gasteiger partial charge in [-0.15, -0.1) is 0 Å². The van der Waals surface area contributed by atoms with Gasteiger partial charge < -0.3 is 15.2 Å². The second-order valence-corrected chi connectivity index (χ2v) is 7.01. The van der Waals surface area contributed by atoms with Gasteiger partial charge in [0.2, 0.25) is 0 Å². The molecule has 0 bridgehead atoms. The predicted molar refractivity (Wildman–Crippen MR) is 113 cm³/mol. The summed E-state index contributed by atoms with van der Waals surface area (Å²) in [7, 11) is 0. The minimum Gasteiger partial charge on any atom is -0.349 e. The molecule has 0 aliphatic carbocycles. The maximum absolute atomic E-state index is 14.0. The Bertz CT molecular complexity index is 1080. The van der Waals surface area contributed by atoms with Crippen molar-refractivity contribution < 1.29 is 14.0 Å². The number of aromatic nitrogens is 1. The number of nitrogens with one attached hydrogen (secondary N) is 2. The van der Waals surface area contributed by atoms with E-state index in [0.717, 1.165) is 23.0 Å². The monoisotopic (exact) mass is 393 g/mol. The molecule has 0 saturated carbocycles. The van der Waals surface area contributed by atoms with Crippen molar-refractivity contribution in [3.05, 3.63) is 77.4 Å². The summed E-state index contributed by atoms with van der Waals surface area (Å²) in [6.07, 6.45) is 3.56. The zero-order valence-corrected chi connectivity index (χ0v) is 16.7. The molecule has 1 heterocycles. The highest BCUT2D eigenvalue weighted by atomic mass is 19.1. The van der Waals surface area contributed by atoms with Gasteiger partial charge in [-0.1, -0.05) is 30.3 Å². The molecule has 0 spiro atoms. The van der Waals surface area contributed by atoms with Gasteiger partial charge in [-0.25, -0.2) is 4.39 Å². The quantitative estimate of drug-likeness (QED) is 0.620. The number of benzene rings is 2.